The van der Waals surface area contributed by atoms with Crippen LogP contribution in [-0.4, -0.2) is 83.2 Å². The first-order valence-corrected chi connectivity index (χ1v) is 13.2. The molecule has 4 aliphatic rings. The lowest BCUT2D eigenvalue weighted by Gasteiger charge is -2.39. The minimum atomic E-state index is -1.29. The van der Waals surface area contributed by atoms with Crippen LogP contribution in [0.4, 0.5) is 5.69 Å². The van der Waals surface area contributed by atoms with Crippen molar-refractivity contribution in [1.82, 2.24) is 9.80 Å². The summed E-state index contributed by atoms with van der Waals surface area (Å²) in [6.07, 6.45) is 7.42. The number of anilines is 1. The molecule has 5 rings (SSSR count). The molecule has 1 aromatic rings. The molecular formula is C29H37N3O5. The van der Waals surface area contributed by atoms with Crippen LogP contribution in [0, 0.1) is 31.6 Å². The van der Waals surface area contributed by atoms with E-state index in [-0.39, 0.29) is 30.2 Å². The fourth-order valence-electron chi connectivity index (χ4n) is 6.64. The first-order chi connectivity index (χ1) is 17.6. The fourth-order valence-corrected chi connectivity index (χ4v) is 6.64. The summed E-state index contributed by atoms with van der Waals surface area (Å²) < 4.78 is 6.66. The van der Waals surface area contributed by atoms with E-state index in [0.717, 1.165) is 16.8 Å². The summed E-state index contributed by atoms with van der Waals surface area (Å²) in [5.41, 5.74) is 1.47. The second kappa shape index (κ2) is 9.40. The molecule has 0 radical (unpaired) electrons. The number of nitrogens with zero attached hydrogens (tertiary/aromatic N) is 3. The van der Waals surface area contributed by atoms with E-state index in [1.54, 1.807) is 21.7 Å². The topological polar surface area (TPSA) is 90.4 Å². The zero-order valence-corrected chi connectivity index (χ0v) is 22.3. The van der Waals surface area contributed by atoms with Crippen molar-refractivity contribution in [3.63, 3.8) is 0 Å². The molecule has 6 atom stereocenters. The minimum absolute atomic E-state index is 0.160. The second-order valence-electron chi connectivity index (χ2n) is 11.3. The molecule has 4 heterocycles. The smallest absolute Gasteiger partial charge is 0.253 e. The lowest BCUT2D eigenvalue weighted by atomic mass is 9.77. The monoisotopic (exact) mass is 507 g/mol. The fraction of sp³-hybridized carbons (Fsp3) is 0.552. The summed E-state index contributed by atoms with van der Waals surface area (Å²) in [6, 6.07) is 4.43. The first-order valence-electron chi connectivity index (χ1n) is 13.2. The Bertz CT molecular complexity index is 1180. The molecule has 4 aliphatic heterocycles. The van der Waals surface area contributed by atoms with Crippen LogP contribution < -0.4 is 4.90 Å². The number of hydrogen-bond donors (Lipinski definition) is 1. The molecule has 2 saturated heterocycles. The zero-order chi connectivity index (χ0) is 26.6. The number of hydrogen-bond acceptors (Lipinski definition) is 5. The van der Waals surface area contributed by atoms with Crippen molar-refractivity contribution in [1.29, 1.82) is 0 Å². The molecule has 0 aromatic heterocycles. The molecule has 2 fully saturated rings. The Morgan fingerprint density at radius 3 is 2.54 bits per heavy atom. The number of aliphatic hydroxyl groups excluding tert-OH is 1. The van der Waals surface area contributed by atoms with Crippen molar-refractivity contribution in [3.05, 3.63) is 53.6 Å². The Morgan fingerprint density at radius 2 is 1.84 bits per heavy atom. The summed E-state index contributed by atoms with van der Waals surface area (Å²) in [4.78, 5) is 47.2. The maximum absolute atomic E-state index is 14.5. The van der Waals surface area contributed by atoms with Crippen molar-refractivity contribution in [2.45, 2.75) is 57.9 Å². The van der Waals surface area contributed by atoms with E-state index >= 15 is 0 Å². The van der Waals surface area contributed by atoms with Crippen LogP contribution in [0.3, 0.4) is 0 Å². The highest BCUT2D eigenvalue weighted by Gasteiger charge is 2.72. The summed E-state index contributed by atoms with van der Waals surface area (Å²) in [6.45, 7) is 8.49. The summed E-state index contributed by atoms with van der Waals surface area (Å²) in [5.74, 6) is -2.10. The molecular weight excluding hydrogens is 470 g/mol. The number of likely N-dealkylation sites (N-methyl/N-ethyl adjacent to an activating group) is 1. The average Bonchev–Trinajstić information content (AvgIpc) is 3.18. The Labute approximate surface area is 218 Å². The maximum atomic E-state index is 14.5. The predicted octanol–water partition coefficient (Wildman–Crippen LogP) is 2.22. The molecule has 0 bridgehead atoms. The van der Waals surface area contributed by atoms with Gasteiger partial charge in [0.15, 0.2) is 0 Å². The van der Waals surface area contributed by atoms with Crippen LogP contribution in [0.5, 0.6) is 0 Å². The third kappa shape index (κ3) is 3.92. The van der Waals surface area contributed by atoms with E-state index in [2.05, 4.69) is 0 Å². The maximum Gasteiger partial charge on any atom is 0.253 e. The van der Waals surface area contributed by atoms with Gasteiger partial charge in [-0.1, -0.05) is 50.3 Å². The number of ether oxygens (including phenoxy) is 1. The predicted molar refractivity (Wildman–Crippen MR) is 140 cm³/mol. The van der Waals surface area contributed by atoms with Crippen LogP contribution in [0.15, 0.2) is 42.5 Å². The summed E-state index contributed by atoms with van der Waals surface area (Å²) in [5, 5.41) is 10.4. The van der Waals surface area contributed by atoms with Gasteiger partial charge in [0.05, 0.1) is 30.6 Å². The third-order valence-corrected chi connectivity index (χ3v) is 8.30. The highest BCUT2D eigenvalue weighted by atomic mass is 16.5. The van der Waals surface area contributed by atoms with Gasteiger partial charge in [-0.15, -0.1) is 0 Å². The van der Waals surface area contributed by atoms with E-state index < -0.39 is 35.6 Å². The first kappa shape index (κ1) is 25.7. The van der Waals surface area contributed by atoms with E-state index in [0.29, 0.717) is 19.5 Å². The molecule has 8 nitrogen and oxygen atoms in total. The van der Waals surface area contributed by atoms with Crippen LogP contribution in [0.25, 0.3) is 0 Å². The Balaban J connectivity index is 1.67. The number of amides is 3. The number of fused-ring (bicyclic) bond motifs is 2. The SMILES string of the molecule is Cc1ccc(C)c(N2CC=C[C@]34O[C@@H]5C=CCN(C)C(=O)[C@@H]5[C@H]3C(=O)N([C@@H](CO)CC(C)C)C4C2=O)c1. The molecule has 0 saturated carbocycles. The average molecular weight is 508 g/mol. The highest BCUT2D eigenvalue weighted by molar-refractivity contribution is 6.06. The quantitative estimate of drug-likeness (QED) is 0.618. The number of aryl methyl sites for hydroxylation is 2. The van der Waals surface area contributed by atoms with E-state index in [1.165, 1.54) is 0 Å². The number of benzene rings is 1. The largest absolute Gasteiger partial charge is 0.394 e. The van der Waals surface area contributed by atoms with E-state index in [9.17, 15) is 19.5 Å². The zero-order valence-electron chi connectivity index (χ0n) is 22.3. The van der Waals surface area contributed by atoms with Gasteiger partial charge in [-0.05, 0) is 43.4 Å². The molecule has 8 heteroatoms. The van der Waals surface area contributed by atoms with Crippen LogP contribution in [-0.2, 0) is 19.1 Å². The molecule has 37 heavy (non-hydrogen) atoms. The molecule has 198 valence electrons. The molecule has 1 N–H and O–H groups in total. The molecule has 3 amide bonds. The van der Waals surface area contributed by atoms with Crippen LogP contribution in [0.1, 0.15) is 31.4 Å². The van der Waals surface area contributed by atoms with Gasteiger partial charge in [-0.2, -0.15) is 0 Å². The molecule has 1 aromatic carbocycles. The number of aliphatic hydroxyl groups is 1. The van der Waals surface area contributed by atoms with Gasteiger partial charge >= 0.3 is 0 Å². The summed E-state index contributed by atoms with van der Waals surface area (Å²) in [7, 11) is 1.72. The third-order valence-electron chi connectivity index (χ3n) is 8.30. The highest BCUT2D eigenvalue weighted by Crippen LogP contribution is 2.54. The number of carbonyl (C=O) groups excluding carboxylic acids is 3. The molecule has 1 spiro atoms. The van der Waals surface area contributed by atoms with Gasteiger partial charge in [-0.3, -0.25) is 14.4 Å². The van der Waals surface area contributed by atoms with Crippen molar-refractivity contribution in [2.75, 3.05) is 31.6 Å². The van der Waals surface area contributed by atoms with Gasteiger partial charge < -0.3 is 24.5 Å². The van der Waals surface area contributed by atoms with Crippen molar-refractivity contribution in [3.8, 4) is 0 Å². The lowest BCUT2D eigenvalue weighted by molar-refractivity contribution is -0.146. The normalized spacial score (nSPS) is 32.0. The number of rotatable bonds is 5. The Morgan fingerprint density at radius 1 is 1.08 bits per heavy atom. The minimum Gasteiger partial charge on any atom is -0.394 e. The number of likely N-dealkylation sites (tertiary alicyclic amines) is 1. The Hall–Kier alpha value is -2.97. The second-order valence-corrected chi connectivity index (χ2v) is 11.3. The van der Waals surface area contributed by atoms with Gasteiger partial charge in [-0.25, -0.2) is 0 Å². The lowest BCUT2D eigenvalue weighted by Crippen LogP contribution is -2.58. The van der Waals surface area contributed by atoms with E-state index in [4.69, 9.17) is 4.74 Å². The molecule has 1 unspecified atom stereocenters. The summed E-state index contributed by atoms with van der Waals surface area (Å²) >= 11 is 0. The van der Waals surface area contributed by atoms with Gasteiger partial charge in [0.2, 0.25) is 11.8 Å². The van der Waals surface area contributed by atoms with Gasteiger partial charge in [0, 0.05) is 25.8 Å². The van der Waals surface area contributed by atoms with Crippen molar-refractivity contribution < 1.29 is 24.2 Å². The van der Waals surface area contributed by atoms with E-state index in [1.807, 2.05) is 70.2 Å². The Kier molecular flexibility index (Phi) is 6.52. The van der Waals surface area contributed by atoms with Crippen molar-refractivity contribution in [2.24, 2.45) is 17.8 Å². The number of carbonyl (C=O) groups is 3. The standard InChI is InChI=1S/C29H37N3O5/c1-17(2)14-20(16-33)32-25-28(36)31(21-15-18(3)9-10-19(21)4)13-7-11-29(25)24(27(32)35)23-22(37-29)8-6-12-30(5)26(23)34/h6-11,15,17,20,22-25,33H,12-14,16H2,1-5H3/t20-,22-,23+,24+,25?,29+/m1/s1. The van der Waals surface area contributed by atoms with Crippen LogP contribution in [0.2, 0.25) is 0 Å². The van der Waals surface area contributed by atoms with Crippen molar-refractivity contribution >= 4 is 23.4 Å². The molecule has 0 aliphatic carbocycles. The van der Waals surface area contributed by atoms with Gasteiger partial charge in [0.25, 0.3) is 5.91 Å². The van der Waals surface area contributed by atoms with Gasteiger partial charge in [0.1, 0.15) is 11.6 Å². The van der Waals surface area contributed by atoms with Crippen LogP contribution >= 0.6 is 0 Å².